The molecule has 23 heavy (non-hydrogen) atoms. The Morgan fingerprint density at radius 3 is 2.39 bits per heavy atom. The molecule has 0 aliphatic carbocycles. The summed E-state index contributed by atoms with van der Waals surface area (Å²) in [7, 11) is 1.72. The molecule has 0 saturated heterocycles. The number of carbonyl (C=O) groups excluding carboxylic acids is 2. The number of carbonyl (C=O) groups is 2. The molecule has 0 radical (unpaired) electrons. The summed E-state index contributed by atoms with van der Waals surface area (Å²) in [6.07, 6.45) is 3.38. The van der Waals surface area contributed by atoms with E-state index in [1.807, 2.05) is 24.3 Å². The maximum absolute atomic E-state index is 12.0. The van der Waals surface area contributed by atoms with Crippen LogP contribution < -0.4 is 21.7 Å². The van der Waals surface area contributed by atoms with Gasteiger partial charge in [-0.2, -0.15) is 0 Å². The Balaban J connectivity index is 2.27. The molecule has 2 amide bonds. The second kappa shape index (κ2) is 10.6. The average molecular weight is 320 g/mol. The summed E-state index contributed by atoms with van der Waals surface area (Å²) in [5.41, 5.74) is 6.92. The molecule has 6 heteroatoms. The first-order chi connectivity index (χ1) is 11.1. The number of anilines is 1. The topological polar surface area (TPSA) is 96.2 Å². The molecule has 0 aliphatic heterocycles. The fourth-order valence-corrected chi connectivity index (χ4v) is 2.22. The number of nitrogens with two attached hydrogens (primary N) is 1. The Morgan fingerprint density at radius 1 is 1.13 bits per heavy atom. The first-order valence-corrected chi connectivity index (χ1v) is 8.17. The molecule has 1 atom stereocenters. The summed E-state index contributed by atoms with van der Waals surface area (Å²) >= 11 is 0. The van der Waals surface area contributed by atoms with Crippen LogP contribution in [0.2, 0.25) is 0 Å². The number of amides is 2. The van der Waals surface area contributed by atoms with Gasteiger partial charge in [-0.3, -0.25) is 9.59 Å². The lowest BCUT2D eigenvalue weighted by molar-refractivity contribution is -0.120. The second-order valence-corrected chi connectivity index (χ2v) is 5.50. The van der Waals surface area contributed by atoms with Crippen LogP contribution >= 0.6 is 0 Å². The molecule has 0 saturated carbocycles. The number of nitrogens with one attached hydrogen (secondary N) is 3. The van der Waals surface area contributed by atoms with E-state index >= 15 is 0 Å². The van der Waals surface area contributed by atoms with Crippen LogP contribution in [0.3, 0.4) is 0 Å². The lowest BCUT2D eigenvalue weighted by Crippen LogP contribution is -2.39. The number of hydrogen-bond donors (Lipinski definition) is 4. The third-order valence-corrected chi connectivity index (χ3v) is 3.62. The van der Waals surface area contributed by atoms with E-state index in [-0.39, 0.29) is 17.9 Å². The lowest BCUT2D eigenvalue weighted by Gasteiger charge is -2.12. The highest BCUT2D eigenvalue weighted by atomic mass is 16.2. The number of benzene rings is 1. The van der Waals surface area contributed by atoms with E-state index in [1.54, 1.807) is 7.05 Å². The predicted molar refractivity (Wildman–Crippen MR) is 93.4 cm³/mol. The van der Waals surface area contributed by atoms with Crippen molar-refractivity contribution < 1.29 is 9.59 Å². The number of unbranched alkanes of at least 4 members (excludes halogenated alkanes) is 1. The number of hydrogen-bond acceptors (Lipinski definition) is 4. The smallest absolute Gasteiger partial charge is 0.251 e. The van der Waals surface area contributed by atoms with Crippen molar-refractivity contribution in [2.24, 2.45) is 5.73 Å². The predicted octanol–water partition coefficient (Wildman–Crippen LogP) is 1.48. The fraction of sp³-hybridized carbons (Fsp3) is 0.529. The normalized spacial score (nSPS) is 11.7. The number of primary amides is 1. The van der Waals surface area contributed by atoms with Crippen molar-refractivity contribution >= 4 is 17.5 Å². The summed E-state index contributed by atoms with van der Waals surface area (Å²) in [5, 5.41) is 9.04. The van der Waals surface area contributed by atoms with E-state index in [2.05, 4.69) is 22.9 Å². The van der Waals surface area contributed by atoms with Crippen LogP contribution in [0.1, 0.15) is 43.0 Å². The van der Waals surface area contributed by atoms with Crippen LogP contribution in [0, 0.1) is 0 Å². The van der Waals surface area contributed by atoms with Crippen LogP contribution in [0.4, 0.5) is 5.69 Å². The van der Waals surface area contributed by atoms with Crippen molar-refractivity contribution in [3.05, 3.63) is 29.8 Å². The zero-order chi connectivity index (χ0) is 17.1. The van der Waals surface area contributed by atoms with Crippen LogP contribution in [-0.4, -0.2) is 38.0 Å². The Kier molecular flexibility index (Phi) is 8.75. The molecule has 5 N–H and O–H groups in total. The van der Waals surface area contributed by atoms with Gasteiger partial charge in [0.15, 0.2) is 0 Å². The summed E-state index contributed by atoms with van der Waals surface area (Å²) in [6.45, 7) is 3.62. The van der Waals surface area contributed by atoms with Crippen molar-refractivity contribution in [1.29, 1.82) is 0 Å². The van der Waals surface area contributed by atoms with Crippen LogP contribution in [0.5, 0.6) is 0 Å². The molecule has 1 aromatic rings. The molecule has 0 unspecified atom stereocenters. The molecule has 0 heterocycles. The lowest BCUT2D eigenvalue weighted by atomic mass is 10.1. The van der Waals surface area contributed by atoms with Gasteiger partial charge in [0, 0.05) is 24.3 Å². The van der Waals surface area contributed by atoms with Gasteiger partial charge in [0.05, 0.1) is 6.04 Å². The van der Waals surface area contributed by atoms with Gasteiger partial charge in [0.2, 0.25) is 5.91 Å². The monoisotopic (exact) mass is 320 g/mol. The summed E-state index contributed by atoms with van der Waals surface area (Å²) in [6, 6.07) is 7.16. The molecule has 0 fully saturated rings. The van der Waals surface area contributed by atoms with Gasteiger partial charge < -0.3 is 21.7 Å². The van der Waals surface area contributed by atoms with E-state index < -0.39 is 0 Å². The minimum atomic E-state index is -0.340. The van der Waals surface area contributed by atoms with Gasteiger partial charge in [-0.15, -0.1) is 0 Å². The van der Waals surface area contributed by atoms with Crippen LogP contribution in [-0.2, 0) is 4.79 Å². The number of rotatable bonds is 11. The molecule has 0 spiro atoms. The van der Waals surface area contributed by atoms with Crippen molar-refractivity contribution in [3.63, 3.8) is 0 Å². The van der Waals surface area contributed by atoms with Crippen LogP contribution in [0.15, 0.2) is 24.3 Å². The maximum Gasteiger partial charge on any atom is 0.251 e. The van der Waals surface area contributed by atoms with Crippen molar-refractivity contribution in [2.45, 2.75) is 38.6 Å². The largest absolute Gasteiger partial charge is 0.385 e. The standard InChI is InChI=1S/C17H28N4O2/c1-3-11-20-14-9-7-13(8-10-14)17(23)21-12-5-4-6-15(19-2)16(18)22/h7-10,15,19-20H,3-6,11-12H2,1-2H3,(H2,18,22)(H,21,23)/t15-/m0/s1. The molecule has 0 bridgehead atoms. The molecule has 6 nitrogen and oxygen atoms in total. The van der Waals surface area contributed by atoms with E-state index in [0.29, 0.717) is 18.5 Å². The Bertz CT molecular complexity index is 488. The molecular weight excluding hydrogens is 292 g/mol. The maximum atomic E-state index is 12.0. The average Bonchev–Trinajstić information content (AvgIpc) is 2.56. The van der Waals surface area contributed by atoms with E-state index in [9.17, 15) is 9.59 Å². The molecule has 0 aromatic heterocycles. The fourth-order valence-electron chi connectivity index (χ4n) is 2.22. The van der Waals surface area contributed by atoms with E-state index in [0.717, 1.165) is 31.5 Å². The molecule has 0 aliphatic rings. The van der Waals surface area contributed by atoms with E-state index in [1.165, 1.54) is 0 Å². The van der Waals surface area contributed by atoms with Gasteiger partial charge in [-0.05, 0) is 57.0 Å². The Morgan fingerprint density at radius 2 is 1.83 bits per heavy atom. The Hall–Kier alpha value is -2.08. The van der Waals surface area contributed by atoms with Gasteiger partial charge in [0.25, 0.3) is 5.91 Å². The highest BCUT2D eigenvalue weighted by Gasteiger charge is 2.11. The molecule has 1 aromatic carbocycles. The first kappa shape index (κ1) is 19.0. The minimum Gasteiger partial charge on any atom is -0.385 e. The van der Waals surface area contributed by atoms with Crippen LogP contribution in [0.25, 0.3) is 0 Å². The summed E-state index contributed by atoms with van der Waals surface area (Å²) in [5.74, 6) is -0.416. The van der Waals surface area contributed by atoms with E-state index in [4.69, 9.17) is 5.73 Å². The van der Waals surface area contributed by atoms with Crippen molar-refractivity contribution in [2.75, 3.05) is 25.5 Å². The highest BCUT2D eigenvalue weighted by Crippen LogP contribution is 2.09. The zero-order valence-electron chi connectivity index (χ0n) is 14.0. The molecular formula is C17H28N4O2. The number of likely N-dealkylation sites (N-methyl/N-ethyl adjacent to an activating group) is 1. The summed E-state index contributed by atoms with van der Waals surface area (Å²) < 4.78 is 0. The second-order valence-electron chi connectivity index (χ2n) is 5.50. The van der Waals surface area contributed by atoms with Gasteiger partial charge in [-0.1, -0.05) is 6.92 Å². The molecule has 1 rings (SSSR count). The third kappa shape index (κ3) is 7.15. The van der Waals surface area contributed by atoms with Gasteiger partial charge >= 0.3 is 0 Å². The highest BCUT2D eigenvalue weighted by molar-refractivity contribution is 5.94. The quantitative estimate of drug-likeness (QED) is 0.464. The minimum absolute atomic E-state index is 0.0768. The SMILES string of the molecule is CCCNc1ccc(C(=O)NCCCC[C@H](NC)C(N)=O)cc1. The molecule has 128 valence electrons. The third-order valence-electron chi connectivity index (χ3n) is 3.62. The first-order valence-electron chi connectivity index (χ1n) is 8.17. The Labute approximate surface area is 138 Å². The van der Waals surface area contributed by atoms with Crippen molar-refractivity contribution in [1.82, 2.24) is 10.6 Å². The van der Waals surface area contributed by atoms with Gasteiger partial charge in [0.1, 0.15) is 0 Å². The van der Waals surface area contributed by atoms with Gasteiger partial charge in [-0.25, -0.2) is 0 Å². The van der Waals surface area contributed by atoms with Crippen molar-refractivity contribution in [3.8, 4) is 0 Å². The zero-order valence-corrected chi connectivity index (χ0v) is 14.0. The summed E-state index contributed by atoms with van der Waals surface area (Å²) in [4.78, 5) is 23.1.